The molecule has 0 atom stereocenters. The molecule has 1 heterocycles. The average Bonchev–Trinajstić information content (AvgIpc) is 2.73. The molecule has 154 valence electrons. The molecule has 0 N–H and O–H groups in total. The first-order valence-corrected chi connectivity index (χ1v) is 10.7. The van der Waals surface area contributed by atoms with Gasteiger partial charge in [0.05, 0.1) is 22.3 Å². The summed E-state index contributed by atoms with van der Waals surface area (Å²) in [4.78, 5) is 32.4. The highest BCUT2D eigenvalue weighted by Crippen LogP contribution is 2.24. The molecular formula is C24H25N3O2S. The maximum Gasteiger partial charge on any atom is 0.266 e. The fraction of sp³-hybridized carbons (Fsp3) is 0.208. The van der Waals surface area contributed by atoms with Crippen molar-refractivity contribution in [2.45, 2.75) is 19.0 Å². The van der Waals surface area contributed by atoms with Crippen LogP contribution in [0.2, 0.25) is 0 Å². The molecule has 0 bridgehead atoms. The minimum atomic E-state index is -0.142. The predicted molar refractivity (Wildman–Crippen MR) is 125 cm³/mol. The number of aryl methyl sites for hydroxylation is 2. The van der Waals surface area contributed by atoms with E-state index in [0.717, 1.165) is 16.8 Å². The number of thioether (sulfide) groups is 1. The van der Waals surface area contributed by atoms with Crippen molar-refractivity contribution >= 4 is 28.6 Å². The van der Waals surface area contributed by atoms with Crippen LogP contribution in [0, 0.1) is 13.8 Å². The summed E-state index contributed by atoms with van der Waals surface area (Å²) >= 11 is 1.26. The van der Waals surface area contributed by atoms with E-state index in [0.29, 0.717) is 29.1 Å². The lowest BCUT2D eigenvalue weighted by Gasteiger charge is -2.20. The van der Waals surface area contributed by atoms with Gasteiger partial charge in [-0.3, -0.25) is 14.2 Å². The summed E-state index contributed by atoms with van der Waals surface area (Å²) in [5, 5.41) is 1.05. The number of aromatic nitrogens is 2. The molecule has 0 aliphatic carbocycles. The first-order valence-electron chi connectivity index (χ1n) is 9.68. The van der Waals surface area contributed by atoms with Gasteiger partial charge in [-0.15, -0.1) is 13.2 Å². The van der Waals surface area contributed by atoms with Crippen LogP contribution in [0.4, 0.5) is 0 Å². The van der Waals surface area contributed by atoms with Gasteiger partial charge in [-0.25, -0.2) is 4.98 Å². The lowest BCUT2D eigenvalue weighted by Crippen LogP contribution is -2.33. The number of carbonyl (C=O) groups is 1. The maximum absolute atomic E-state index is 13.4. The highest BCUT2D eigenvalue weighted by Gasteiger charge is 2.18. The Kier molecular flexibility index (Phi) is 6.90. The van der Waals surface area contributed by atoms with E-state index < -0.39 is 0 Å². The van der Waals surface area contributed by atoms with Gasteiger partial charge < -0.3 is 4.90 Å². The Balaban J connectivity index is 2.06. The quantitative estimate of drug-likeness (QED) is 0.310. The van der Waals surface area contributed by atoms with Crippen LogP contribution in [0.3, 0.4) is 0 Å². The topological polar surface area (TPSA) is 55.2 Å². The van der Waals surface area contributed by atoms with Crippen molar-refractivity contribution in [3.05, 3.63) is 89.3 Å². The average molecular weight is 420 g/mol. The van der Waals surface area contributed by atoms with Crippen LogP contribution in [-0.4, -0.2) is 39.2 Å². The molecule has 0 spiro atoms. The highest BCUT2D eigenvalue weighted by molar-refractivity contribution is 7.99. The van der Waals surface area contributed by atoms with Crippen molar-refractivity contribution in [2.24, 2.45) is 0 Å². The third kappa shape index (κ3) is 4.54. The Morgan fingerprint density at radius 2 is 1.83 bits per heavy atom. The zero-order chi connectivity index (χ0) is 21.7. The summed E-state index contributed by atoms with van der Waals surface area (Å²) in [6.45, 7) is 12.3. The lowest BCUT2D eigenvalue weighted by molar-refractivity contribution is -0.127. The number of benzene rings is 2. The molecule has 5 nitrogen and oxygen atoms in total. The van der Waals surface area contributed by atoms with Crippen molar-refractivity contribution < 1.29 is 4.79 Å². The smallest absolute Gasteiger partial charge is 0.266 e. The largest absolute Gasteiger partial charge is 0.335 e. The molecule has 0 saturated heterocycles. The van der Waals surface area contributed by atoms with Crippen LogP contribution in [0.5, 0.6) is 0 Å². The molecule has 0 saturated carbocycles. The Bertz CT molecular complexity index is 1160. The van der Waals surface area contributed by atoms with Crippen molar-refractivity contribution in [1.82, 2.24) is 14.5 Å². The molecule has 3 rings (SSSR count). The van der Waals surface area contributed by atoms with Gasteiger partial charge >= 0.3 is 0 Å². The number of carbonyl (C=O) groups excluding carboxylic acids is 1. The van der Waals surface area contributed by atoms with E-state index in [1.807, 2.05) is 50.2 Å². The number of hydrogen-bond acceptors (Lipinski definition) is 4. The Morgan fingerprint density at radius 3 is 2.50 bits per heavy atom. The van der Waals surface area contributed by atoms with Gasteiger partial charge in [0, 0.05) is 13.1 Å². The number of nitrogens with zero attached hydrogens (tertiary/aromatic N) is 3. The lowest BCUT2D eigenvalue weighted by atomic mass is 10.1. The first-order chi connectivity index (χ1) is 14.5. The van der Waals surface area contributed by atoms with Gasteiger partial charge in [0.15, 0.2) is 5.16 Å². The molecule has 3 aromatic rings. The van der Waals surface area contributed by atoms with Crippen molar-refractivity contribution in [1.29, 1.82) is 0 Å². The van der Waals surface area contributed by atoms with E-state index in [1.165, 1.54) is 11.8 Å². The molecular weight excluding hydrogens is 394 g/mol. The van der Waals surface area contributed by atoms with Crippen molar-refractivity contribution in [2.75, 3.05) is 18.8 Å². The molecule has 30 heavy (non-hydrogen) atoms. The normalized spacial score (nSPS) is 10.7. The maximum atomic E-state index is 13.4. The number of hydrogen-bond donors (Lipinski definition) is 0. The summed E-state index contributed by atoms with van der Waals surface area (Å²) in [7, 11) is 0. The van der Waals surface area contributed by atoms with Gasteiger partial charge in [0.2, 0.25) is 5.91 Å². The predicted octanol–water partition coefficient (Wildman–Crippen LogP) is 4.30. The number of para-hydroxylation sites is 1. The van der Waals surface area contributed by atoms with Crippen LogP contribution in [0.25, 0.3) is 16.6 Å². The van der Waals surface area contributed by atoms with Gasteiger partial charge in [-0.05, 0) is 37.6 Å². The molecule has 0 aliphatic rings. The van der Waals surface area contributed by atoms with Crippen LogP contribution < -0.4 is 5.56 Å². The van der Waals surface area contributed by atoms with Gasteiger partial charge in [0.25, 0.3) is 5.56 Å². The zero-order valence-corrected chi connectivity index (χ0v) is 18.1. The van der Waals surface area contributed by atoms with Crippen LogP contribution in [0.1, 0.15) is 11.1 Å². The van der Waals surface area contributed by atoms with E-state index in [9.17, 15) is 9.59 Å². The van der Waals surface area contributed by atoms with Crippen molar-refractivity contribution in [3.63, 3.8) is 0 Å². The second kappa shape index (κ2) is 9.59. The number of amides is 1. The Morgan fingerprint density at radius 1 is 1.13 bits per heavy atom. The molecule has 0 unspecified atom stereocenters. The van der Waals surface area contributed by atoms with Gasteiger partial charge in [-0.2, -0.15) is 0 Å². The van der Waals surface area contributed by atoms with E-state index in [1.54, 1.807) is 27.7 Å². The van der Waals surface area contributed by atoms with Gasteiger partial charge in [0.1, 0.15) is 0 Å². The summed E-state index contributed by atoms with van der Waals surface area (Å²) < 4.78 is 1.61. The standard InChI is InChI=1S/C24H25N3O2S/c1-5-13-26(14-6-2)22(28)16-30-24-25-20-10-8-7-9-19(20)23(29)27(24)21-12-11-17(3)15-18(21)4/h5-12,15H,1-2,13-14,16H2,3-4H3. The van der Waals surface area contributed by atoms with Crippen LogP contribution in [-0.2, 0) is 4.79 Å². The first kappa shape index (κ1) is 21.6. The van der Waals surface area contributed by atoms with E-state index in [2.05, 4.69) is 13.2 Å². The third-order valence-electron chi connectivity index (χ3n) is 4.71. The SMILES string of the molecule is C=CCN(CC=C)C(=O)CSc1nc2ccccc2c(=O)n1-c1ccc(C)cc1C. The van der Waals surface area contributed by atoms with Crippen molar-refractivity contribution in [3.8, 4) is 5.69 Å². The minimum Gasteiger partial charge on any atom is -0.335 e. The minimum absolute atomic E-state index is 0.0608. The summed E-state index contributed by atoms with van der Waals surface area (Å²) in [5.41, 5.74) is 3.34. The molecule has 1 aromatic heterocycles. The molecule has 1 amide bonds. The molecule has 2 aromatic carbocycles. The Labute approximate surface area is 180 Å². The highest BCUT2D eigenvalue weighted by atomic mass is 32.2. The van der Waals surface area contributed by atoms with Gasteiger partial charge in [-0.1, -0.05) is 53.7 Å². The number of rotatable bonds is 8. The molecule has 0 fully saturated rings. The summed E-state index contributed by atoms with van der Waals surface area (Å²) in [6, 6.07) is 13.2. The number of fused-ring (bicyclic) bond motifs is 1. The van der Waals surface area contributed by atoms with E-state index in [4.69, 9.17) is 4.98 Å². The monoisotopic (exact) mass is 419 g/mol. The third-order valence-corrected chi connectivity index (χ3v) is 5.64. The van der Waals surface area contributed by atoms with E-state index in [-0.39, 0.29) is 17.2 Å². The van der Waals surface area contributed by atoms with Crippen LogP contribution >= 0.6 is 11.8 Å². The van der Waals surface area contributed by atoms with E-state index >= 15 is 0 Å². The second-order valence-corrected chi connectivity index (χ2v) is 7.95. The fourth-order valence-electron chi connectivity index (χ4n) is 3.29. The molecule has 0 aliphatic heterocycles. The molecule has 0 radical (unpaired) electrons. The molecule has 6 heteroatoms. The summed E-state index contributed by atoms with van der Waals surface area (Å²) in [5.74, 6) is 0.103. The Hall–Kier alpha value is -3.12. The van der Waals surface area contributed by atoms with Crippen LogP contribution in [0.15, 0.2) is 77.7 Å². The summed E-state index contributed by atoms with van der Waals surface area (Å²) in [6.07, 6.45) is 3.37. The fourth-order valence-corrected chi connectivity index (χ4v) is 4.19. The second-order valence-electron chi connectivity index (χ2n) is 7.01. The zero-order valence-electron chi connectivity index (χ0n) is 17.3.